The predicted molar refractivity (Wildman–Crippen MR) is 144 cm³/mol. The number of fused-ring (bicyclic) bond motifs is 1. The second kappa shape index (κ2) is 9.83. The number of carboxylic acid groups (broad SMARTS) is 1. The molecule has 4 aromatic rings. The van der Waals surface area contributed by atoms with Crippen molar-refractivity contribution >= 4 is 17.6 Å². The Morgan fingerprint density at radius 3 is 2.73 bits per heavy atom. The molecule has 0 spiro atoms. The summed E-state index contributed by atoms with van der Waals surface area (Å²) in [6, 6.07) is 4.96. The zero-order valence-corrected chi connectivity index (χ0v) is 22.7. The maximum Gasteiger partial charge on any atom is 0.407 e. The molecule has 0 aliphatic carbocycles. The monoisotopic (exact) mass is 550 g/mol. The summed E-state index contributed by atoms with van der Waals surface area (Å²) in [7, 11) is 0. The van der Waals surface area contributed by atoms with E-state index in [1.807, 2.05) is 21.8 Å². The van der Waals surface area contributed by atoms with Crippen LogP contribution in [-0.2, 0) is 0 Å². The molecule has 12 heteroatoms. The van der Waals surface area contributed by atoms with Crippen molar-refractivity contribution in [1.29, 1.82) is 0 Å². The highest BCUT2D eigenvalue weighted by atomic mass is 19.1. The highest BCUT2D eigenvalue weighted by Crippen LogP contribution is 2.39. The number of carbonyl (C=O) groups is 1. The number of piperidine rings is 1. The van der Waals surface area contributed by atoms with Gasteiger partial charge in [0.15, 0.2) is 5.65 Å². The Bertz CT molecular complexity index is 1560. The predicted octanol–water partition coefficient (Wildman–Crippen LogP) is 5.34. The Kier molecular flexibility index (Phi) is 6.42. The lowest BCUT2D eigenvalue weighted by molar-refractivity contribution is 0.0405. The van der Waals surface area contributed by atoms with Crippen LogP contribution in [0.25, 0.3) is 16.9 Å². The highest BCUT2D eigenvalue weighted by molar-refractivity contribution is 5.75. The minimum atomic E-state index is -0.897. The van der Waals surface area contributed by atoms with Gasteiger partial charge in [0.2, 0.25) is 0 Å². The molecule has 1 N–H and O–H groups in total. The van der Waals surface area contributed by atoms with E-state index in [1.165, 1.54) is 17.0 Å². The van der Waals surface area contributed by atoms with Crippen LogP contribution in [0.1, 0.15) is 64.1 Å². The van der Waals surface area contributed by atoms with E-state index in [2.05, 4.69) is 36.2 Å². The highest BCUT2D eigenvalue weighted by Gasteiger charge is 2.39. The third-order valence-electron chi connectivity index (χ3n) is 8.20. The van der Waals surface area contributed by atoms with Gasteiger partial charge in [-0.1, -0.05) is 26.0 Å². The van der Waals surface area contributed by atoms with Crippen LogP contribution in [0.5, 0.6) is 0 Å². The quantitative estimate of drug-likeness (QED) is 0.366. The largest absolute Gasteiger partial charge is 0.465 e. The van der Waals surface area contributed by atoms with Crippen LogP contribution in [0.4, 0.5) is 19.4 Å². The summed E-state index contributed by atoms with van der Waals surface area (Å²) < 4.78 is 32.1. The molecular weight excluding hydrogens is 518 g/mol. The lowest BCUT2D eigenvalue weighted by atomic mass is 9.79. The number of rotatable bonds is 4. The van der Waals surface area contributed by atoms with Crippen LogP contribution < -0.4 is 4.90 Å². The van der Waals surface area contributed by atoms with Crippen LogP contribution in [0.3, 0.4) is 0 Å². The standard InChI is InChI=1S/C28H32F2N8O2/c1-28(2,3)24-14-18(8-11-36(24)27(39)40)38-16-22(33-34-38)20-15-31-37-12-9-25(32-26(20)37)35-10-4-5-23(35)19-13-17(29)6-7-21(19)30/h6-7,9,12-13,15-16,18,23-24H,4-5,8,10-11,14H2,1-3H3,(H,39,40). The molecule has 3 unspecified atom stereocenters. The van der Waals surface area contributed by atoms with Crippen molar-refractivity contribution in [1.82, 2.24) is 34.5 Å². The first-order valence-corrected chi connectivity index (χ1v) is 13.6. The summed E-state index contributed by atoms with van der Waals surface area (Å²) in [6.07, 6.45) is 7.29. The summed E-state index contributed by atoms with van der Waals surface area (Å²) in [5.74, 6) is -0.235. The normalized spacial score (nSPS) is 21.9. The third-order valence-corrected chi connectivity index (χ3v) is 8.20. The van der Waals surface area contributed by atoms with Crippen molar-refractivity contribution in [2.75, 3.05) is 18.0 Å². The fourth-order valence-corrected chi connectivity index (χ4v) is 6.15. The van der Waals surface area contributed by atoms with Crippen LogP contribution >= 0.6 is 0 Å². The van der Waals surface area contributed by atoms with Gasteiger partial charge in [0, 0.05) is 30.9 Å². The van der Waals surface area contributed by atoms with Crippen LogP contribution in [0.2, 0.25) is 0 Å². The molecule has 2 aliphatic heterocycles. The van der Waals surface area contributed by atoms with Gasteiger partial charge >= 0.3 is 6.09 Å². The Labute approximate surface area is 230 Å². The van der Waals surface area contributed by atoms with E-state index >= 15 is 0 Å². The van der Waals surface area contributed by atoms with E-state index in [0.717, 1.165) is 12.5 Å². The van der Waals surface area contributed by atoms with Crippen molar-refractivity contribution < 1.29 is 18.7 Å². The van der Waals surface area contributed by atoms with Crippen LogP contribution in [0, 0.1) is 17.0 Å². The molecule has 2 aliphatic rings. The van der Waals surface area contributed by atoms with Crippen molar-refractivity contribution in [3.63, 3.8) is 0 Å². The first kappa shape index (κ1) is 26.1. The second-order valence-electron chi connectivity index (χ2n) is 11.7. The molecule has 40 heavy (non-hydrogen) atoms. The third kappa shape index (κ3) is 4.65. The van der Waals surface area contributed by atoms with Gasteiger partial charge in [-0.15, -0.1) is 5.10 Å². The minimum Gasteiger partial charge on any atom is -0.465 e. The van der Waals surface area contributed by atoms with Gasteiger partial charge in [0.25, 0.3) is 0 Å². The van der Waals surface area contributed by atoms with E-state index in [4.69, 9.17) is 4.98 Å². The Morgan fingerprint density at radius 2 is 1.95 bits per heavy atom. The molecule has 5 heterocycles. The van der Waals surface area contributed by atoms with E-state index in [1.54, 1.807) is 16.9 Å². The number of hydrogen-bond acceptors (Lipinski definition) is 6. The number of amides is 1. The molecule has 2 saturated heterocycles. The van der Waals surface area contributed by atoms with Gasteiger partial charge in [0.1, 0.15) is 23.1 Å². The lowest BCUT2D eigenvalue weighted by Crippen LogP contribution is -2.51. The summed E-state index contributed by atoms with van der Waals surface area (Å²) in [6.45, 7) is 7.27. The minimum absolute atomic E-state index is 0.0120. The van der Waals surface area contributed by atoms with Gasteiger partial charge in [0.05, 0.1) is 30.0 Å². The fourth-order valence-electron chi connectivity index (χ4n) is 6.15. The maximum absolute atomic E-state index is 14.6. The first-order valence-electron chi connectivity index (χ1n) is 13.6. The topological polar surface area (TPSA) is 105 Å². The number of benzene rings is 1. The Hall–Kier alpha value is -4.09. The fraction of sp³-hybridized carbons (Fsp3) is 0.464. The molecule has 3 aromatic heterocycles. The van der Waals surface area contributed by atoms with Crippen LogP contribution in [-0.4, -0.2) is 64.8 Å². The van der Waals surface area contributed by atoms with Crippen molar-refractivity contribution in [3.8, 4) is 11.3 Å². The first-order chi connectivity index (χ1) is 19.1. The van der Waals surface area contributed by atoms with Gasteiger partial charge in [-0.25, -0.2) is 27.8 Å². The number of hydrogen-bond donors (Lipinski definition) is 1. The van der Waals surface area contributed by atoms with Crippen molar-refractivity contribution in [2.45, 2.75) is 64.6 Å². The number of nitrogens with zero attached hydrogens (tertiary/aromatic N) is 8. The van der Waals surface area contributed by atoms with E-state index < -0.39 is 17.7 Å². The summed E-state index contributed by atoms with van der Waals surface area (Å²) in [5, 5.41) is 23.0. The molecule has 3 atom stereocenters. The molecule has 6 rings (SSSR count). The average Bonchev–Trinajstić information content (AvgIpc) is 3.68. The Balaban J connectivity index is 1.29. The number of likely N-dealkylation sites (tertiary alicyclic amines) is 1. The number of anilines is 1. The van der Waals surface area contributed by atoms with Crippen molar-refractivity contribution in [3.05, 3.63) is 60.1 Å². The molecular formula is C28H32F2N8O2. The molecule has 1 amide bonds. The molecule has 0 bridgehead atoms. The van der Waals surface area contributed by atoms with Gasteiger partial charge in [-0.2, -0.15) is 5.10 Å². The van der Waals surface area contributed by atoms with E-state index in [0.29, 0.717) is 60.6 Å². The second-order valence-corrected chi connectivity index (χ2v) is 11.7. The van der Waals surface area contributed by atoms with E-state index in [-0.39, 0.29) is 23.5 Å². The Morgan fingerprint density at radius 1 is 1.12 bits per heavy atom. The molecule has 0 radical (unpaired) electrons. The summed E-state index contributed by atoms with van der Waals surface area (Å²) in [5.41, 5.74) is 2.02. The van der Waals surface area contributed by atoms with Gasteiger partial charge in [-0.05, 0) is 55.4 Å². The average molecular weight is 551 g/mol. The smallest absolute Gasteiger partial charge is 0.407 e. The molecule has 0 saturated carbocycles. The molecule has 1 aromatic carbocycles. The van der Waals surface area contributed by atoms with Crippen molar-refractivity contribution in [2.24, 2.45) is 5.41 Å². The number of aromatic nitrogens is 6. The van der Waals surface area contributed by atoms with E-state index in [9.17, 15) is 18.7 Å². The summed E-state index contributed by atoms with van der Waals surface area (Å²) >= 11 is 0. The maximum atomic E-state index is 14.6. The zero-order chi connectivity index (χ0) is 28.2. The van der Waals surface area contributed by atoms with Crippen LogP contribution in [0.15, 0.2) is 42.9 Å². The molecule has 10 nitrogen and oxygen atoms in total. The summed E-state index contributed by atoms with van der Waals surface area (Å²) in [4.78, 5) is 20.3. The zero-order valence-electron chi connectivity index (χ0n) is 22.7. The lowest BCUT2D eigenvalue weighted by Gasteiger charge is -2.44. The van der Waals surface area contributed by atoms with Gasteiger partial charge in [-0.3, -0.25) is 0 Å². The molecule has 210 valence electrons. The molecule has 2 fully saturated rings. The van der Waals surface area contributed by atoms with Gasteiger partial charge < -0.3 is 14.9 Å². The SMILES string of the molecule is CC(C)(C)C1CC(n2cc(-c3cnn4ccc(N5CCCC5c5cc(F)ccc5F)nc34)nn2)CCN1C(=O)O. The number of halogens is 2.